The summed E-state index contributed by atoms with van der Waals surface area (Å²) in [6.45, 7) is 11.8. The summed E-state index contributed by atoms with van der Waals surface area (Å²) in [7, 11) is 1.58. The highest BCUT2D eigenvalue weighted by Gasteiger charge is 2.52. The topological polar surface area (TPSA) is 35.5 Å². The van der Waals surface area contributed by atoms with Gasteiger partial charge in [0.15, 0.2) is 0 Å². The van der Waals surface area contributed by atoms with Crippen molar-refractivity contribution in [1.82, 2.24) is 0 Å². The van der Waals surface area contributed by atoms with Crippen LogP contribution in [-0.4, -0.2) is 19.4 Å². The molecule has 1 heterocycles. The molecule has 2 unspecified atom stereocenters. The second kappa shape index (κ2) is 6.33. The fourth-order valence-electron chi connectivity index (χ4n) is 5.77. The second-order valence-corrected chi connectivity index (χ2v) is 8.89. The zero-order valence-electron chi connectivity index (χ0n) is 15.7. The lowest BCUT2D eigenvalue weighted by atomic mass is 9.47. The van der Waals surface area contributed by atoms with Crippen molar-refractivity contribution in [3.05, 3.63) is 23.8 Å². The molecule has 0 radical (unpaired) electrons. The minimum Gasteiger partial charge on any atom is -0.432 e. The maximum atomic E-state index is 12.0. The molecular weight excluding hydrogens is 300 g/mol. The molecule has 2 saturated carbocycles. The lowest BCUT2D eigenvalue weighted by molar-refractivity contribution is -0.156. The molecule has 0 aromatic rings. The molecule has 134 valence electrons. The summed E-state index contributed by atoms with van der Waals surface area (Å²) in [6, 6.07) is 0. The van der Waals surface area contributed by atoms with E-state index in [2.05, 4.69) is 33.4 Å². The zero-order valence-corrected chi connectivity index (χ0v) is 15.7. The van der Waals surface area contributed by atoms with Crippen molar-refractivity contribution < 1.29 is 14.3 Å². The number of hydrogen-bond donors (Lipinski definition) is 0. The van der Waals surface area contributed by atoms with Gasteiger partial charge in [-0.2, -0.15) is 0 Å². The number of carbonyl (C=O) groups excluding carboxylic acids is 1. The van der Waals surface area contributed by atoms with Crippen LogP contribution in [0.15, 0.2) is 23.8 Å². The van der Waals surface area contributed by atoms with Crippen molar-refractivity contribution in [2.75, 3.05) is 7.11 Å². The summed E-state index contributed by atoms with van der Waals surface area (Å²) in [5.41, 5.74) is 2.86. The number of rotatable bonds is 3. The molecule has 0 aromatic carbocycles. The molecule has 1 saturated heterocycles. The Hall–Kier alpha value is -1.09. The third kappa shape index (κ3) is 2.96. The van der Waals surface area contributed by atoms with E-state index in [4.69, 9.17) is 9.47 Å². The fraction of sp³-hybridized carbons (Fsp3) is 0.762. The van der Waals surface area contributed by atoms with Crippen LogP contribution in [0, 0.1) is 22.7 Å². The molecule has 0 N–H and O–H groups in total. The Morgan fingerprint density at radius 3 is 2.75 bits per heavy atom. The van der Waals surface area contributed by atoms with Gasteiger partial charge < -0.3 is 9.47 Å². The summed E-state index contributed by atoms with van der Waals surface area (Å²) in [4.78, 5) is 12.0. The van der Waals surface area contributed by atoms with Crippen LogP contribution in [0.4, 0.5) is 0 Å². The number of hydrogen-bond acceptors (Lipinski definition) is 3. The standard InChI is InChI=1S/C21H32O3/c1-14-7-10-17-20(2,3)11-6-12-21(17,4)16(14)9-8-15-13-18(23-5)24-19(15)22/h8,16-18H,1,6-7,9-13H2,2-5H3/b15-8-/t16-,17?,18?,21+/m0/s1. The van der Waals surface area contributed by atoms with Gasteiger partial charge >= 0.3 is 5.97 Å². The predicted octanol–water partition coefficient (Wildman–Crippen LogP) is 5.02. The molecule has 3 nitrogen and oxygen atoms in total. The molecule has 0 bridgehead atoms. The highest BCUT2D eigenvalue weighted by Crippen LogP contribution is 2.61. The zero-order chi connectivity index (χ0) is 17.5. The van der Waals surface area contributed by atoms with Gasteiger partial charge in [0.2, 0.25) is 6.29 Å². The first-order valence-corrected chi connectivity index (χ1v) is 9.38. The third-order valence-electron chi connectivity index (χ3n) is 7.07. The number of fused-ring (bicyclic) bond motifs is 1. The van der Waals surface area contributed by atoms with Crippen LogP contribution < -0.4 is 0 Å². The van der Waals surface area contributed by atoms with Crippen LogP contribution in [-0.2, 0) is 14.3 Å². The van der Waals surface area contributed by atoms with E-state index in [9.17, 15) is 4.79 Å². The number of methoxy groups -OCH3 is 1. The maximum Gasteiger partial charge on any atom is 0.336 e. The minimum absolute atomic E-state index is 0.214. The molecule has 1 aliphatic heterocycles. The highest BCUT2D eigenvalue weighted by molar-refractivity contribution is 5.90. The van der Waals surface area contributed by atoms with Crippen LogP contribution in [0.25, 0.3) is 0 Å². The van der Waals surface area contributed by atoms with Crippen molar-refractivity contribution in [2.24, 2.45) is 22.7 Å². The molecule has 3 aliphatic rings. The van der Waals surface area contributed by atoms with Gasteiger partial charge in [-0.1, -0.05) is 45.4 Å². The van der Waals surface area contributed by atoms with E-state index in [1.54, 1.807) is 7.11 Å². The SMILES string of the molecule is C=C1CCC2C(C)(C)CCC[C@]2(C)[C@H]1C/C=C1/CC(OC)OC1=O. The largest absolute Gasteiger partial charge is 0.432 e. The molecule has 24 heavy (non-hydrogen) atoms. The Labute approximate surface area is 146 Å². The van der Waals surface area contributed by atoms with Crippen molar-refractivity contribution in [3.63, 3.8) is 0 Å². The van der Waals surface area contributed by atoms with Crippen LogP contribution in [0.3, 0.4) is 0 Å². The van der Waals surface area contributed by atoms with Gasteiger partial charge in [-0.05, 0) is 54.8 Å². The smallest absolute Gasteiger partial charge is 0.336 e. The Balaban J connectivity index is 1.81. The van der Waals surface area contributed by atoms with Gasteiger partial charge in [0.25, 0.3) is 0 Å². The van der Waals surface area contributed by atoms with E-state index in [1.165, 1.54) is 31.3 Å². The van der Waals surface area contributed by atoms with Gasteiger partial charge in [-0.3, -0.25) is 0 Å². The Kier molecular flexibility index (Phi) is 4.67. The number of esters is 1. The molecule has 4 atom stereocenters. The van der Waals surface area contributed by atoms with Gasteiger partial charge in [0.05, 0.1) is 0 Å². The molecule has 3 rings (SSSR count). The number of ether oxygens (including phenoxy) is 2. The number of allylic oxidation sites excluding steroid dienone is 2. The van der Waals surface area contributed by atoms with E-state index >= 15 is 0 Å². The Bertz CT molecular complexity index is 559. The molecular formula is C21H32O3. The van der Waals surface area contributed by atoms with Crippen molar-refractivity contribution in [3.8, 4) is 0 Å². The summed E-state index contributed by atoms with van der Waals surface area (Å²) in [6.07, 6.45) is 9.47. The van der Waals surface area contributed by atoms with E-state index in [0.29, 0.717) is 23.2 Å². The van der Waals surface area contributed by atoms with Crippen molar-refractivity contribution in [2.45, 2.75) is 72.0 Å². The van der Waals surface area contributed by atoms with Gasteiger partial charge in [0.1, 0.15) is 0 Å². The van der Waals surface area contributed by atoms with E-state index in [-0.39, 0.29) is 5.97 Å². The number of cyclic esters (lactones) is 1. The molecule has 2 aliphatic carbocycles. The quantitative estimate of drug-likeness (QED) is 0.413. The predicted molar refractivity (Wildman–Crippen MR) is 95.3 cm³/mol. The fourth-order valence-corrected chi connectivity index (χ4v) is 5.77. The first-order valence-electron chi connectivity index (χ1n) is 9.38. The van der Waals surface area contributed by atoms with Crippen LogP contribution in [0.5, 0.6) is 0 Å². The molecule has 0 aromatic heterocycles. The maximum absolute atomic E-state index is 12.0. The van der Waals surface area contributed by atoms with Gasteiger partial charge in [-0.25, -0.2) is 4.79 Å². The van der Waals surface area contributed by atoms with E-state index in [1.807, 2.05) is 0 Å². The summed E-state index contributed by atoms with van der Waals surface area (Å²) >= 11 is 0. The van der Waals surface area contributed by atoms with Gasteiger partial charge in [0, 0.05) is 19.1 Å². The lowest BCUT2D eigenvalue weighted by Gasteiger charge is -2.58. The second-order valence-electron chi connectivity index (χ2n) is 8.89. The minimum atomic E-state index is -0.407. The normalized spacial score (nSPS) is 40.5. The lowest BCUT2D eigenvalue weighted by Crippen LogP contribution is -2.49. The third-order valence-corrected chi connectivity index (χ3v) is 7.07. The van der Waals surface area contributed by atoms with Crippen molar-refractivity contribution >= 4 is 5.97 Å². The van der Waals surface area contributed by atoms with Crippen LogP contribution >= 0.6 is 0 Å². The molecule has 0 spiro atoms. The average molecular weight is 332 g/mol. The summed E-state index contributed by atoms with van der Waals surface area (Å²) in [5, 5.41) is 0. The first kappa shape index (κ1) is 17.7. The molecule has 3 fully saturated rings. The number of carbonyl (C=O) groups is 1. The van der Waals surface area contributed by atoms with Crippen LogP contribution in [0.1, 0.15) is 65.7 Å². The van der Waals surface area contributed by atoms with E-state index < -0.39 is 6.29 Å². The summed E-state index contributed by atoms with van der Waals surface area (Å²) in [5.74, 6) is 1.00. The Morgan fingerprint density at radius 1 is 1.33 bits per heavy atom. The van der Waals surface area contributed by atoms with Crippen LogP contribution in [0.2, 0.25) is 0 Å². The Morgan fingerprint density at radius 2 is 2.08 bits per heavy atom. The van der Waals surface area contributed by atoms with Crippen molar-refractivity contribution in [1.29, 1.82) is 0 Å². The monoisotopic (exact) mass is 332 g/mol. The highest BCUT2D eigenvalue weighted by atomic mass is 16.7. The first-order chi connectivity index (χ1) is 11.3. The average Bonchev–Trinajstić information content (AvgIpc) is 2.86. The van der Waals surface area contributed by atoms with E-state index in [0.717, 1.165) is 24.3 Å². The van der Waals surface area contributed by atoms with Gasteiger partial charge in [-0.15, -0.1) is 0 Å². The summed E-state index contributed by atoms with van der Waals surface area (Å²) < 4.78 is 10.4. The molecule has 3 heteroatoms. The molecule has 0 amide bonds.